The molecule has 1 aromatic carbocycles. The summed E-state index contributed by atoms with van der Waals surface area (Å²) in [4.78, 5) is 11.2. The highest BCUT2D eigenvalue weighted by molar-refractivity contribution is 6.33. The van der Waals surface area contributed by atoms with Gasteiger partial charge in [0.1, 0.15) is 0 Å². The molecule has 0 aliphatic heterocycles. The molecule has 5 heteroatoms. The first-order chi connectivity index (χ1) is 7.40. The van der Waals surface area contributed by atoms with Crippen LogP contribution in [-0.4, -0.2) is 21.3 Å². The van der Waals surface area contributed by atoms with Gasteiger partial charge in [0.15, 0.2) is 11.5 Å². The summed E-state index contributed by atoms with van der Waals surface area (Å²) >= 11 is 5.90. The van der Waals surface area contributed by atoms with E-state index in [4.69, 9.17) is 16.7 Å². The molecule has 0 bridgehead atoms. The van der Waals surface area contributed by atoms with Crippen LogP contribution >= 0.6 is 11.6 Å². The predicted octanol–water partition coefficient (Wildman–Crippen LogP) is 2.18. The molecule has 3 N–H and O–H groups in total. The Morgan fingerprint density at radius 2 is 2.00 bits per heavy atom. The maximum Gasteiger partial charge on any atom is 0.314 e. The summed E-state index contributed by atoms with van der Waals surface area (Å²) in [7, 11) is 0. The average Bonchev–Trinajstić information content (AvgIpc) is 2.96. The van der Waals surface area contributed by atoms with Crippen LogP contribution < -0.4 is 0 Å². The van der Waals surface area contributed by atoms with Crippen LogP contribution in [-0.2, 0) is 10.2 Å². The van der Waals surface area contributed by atoms with Crippen molar-refractivity contribution in [3.8, 4) is 11.5 Å². The van der Waals surface area contributed by atoms with Crippen molar-refractivity contribution in [1.29, 1.82) is 0 Å². The van der Waals surface area contributed by atoms with Crippen LogP contribution in [0, 0.1) is 6.92 Å². The first kappa shape index (κ1) is 11.1. The van der Waals surface area contributed by atoms with E-state index in [9.17, 15) is 15.0 Å². The lowest BCUT2D eigenvalue weighted by Gasteiger charge is -2.17. The summed E-state index contributed by atoms with van der Waals surface area (Å²) in [6.45, 7) is 1.67. The van der Waals surface area contributed by atoms with E-state index in [0.29, 0.717) is 24.0 Å². The fourth-order valence-electron chi connectivity index (χ4n) is 2.03. The highest BCUT2D eigenvalue weighted by atomic mass is 35.5. The number of aliphatic carboxylic acids is 1. The molecule has 0 heterocycles. The van der Waals surface area contributed by atoms with E-state index >= 15 is 0 Å². The zero-order valence-corrected chi connectivity index (χ0v) is 9.38. The van der Waals surface area contributed by atoms with Crippen molar-refractivity contribution in [2.24, 2.45) is 0 Å². The van der Waals surface area contributed by atoms with Gasteiger partial charge in [0, 0.05) is 0 Å². The van der Waals surface area contributed by atoms with Gasteiger partial charge in [0.25, 0.3) is 0 Å². The van der Waals surface area contributed by atoms with Crippen molar-refractivity contribution < 1.29 is 20.1 Å². The minimum atomic E-state index is -0.980. The maximum absolute atomic E-state index is 11.2. The Hall–Kier alpha value is -1.42. The molecule has 0 radical (unpaired) electrons. The van der Waals surface area contributed by atoms with Crippen LogP contribution in [0.5, 0.6) is 11.5 Å². The van der Waals surface area contributed by atoms with E-state index in [1.807, 2.05) is 0 Å². The van der Waals surface area contributed by atoms with Gasteiger partial charge in [-0.3, -0.25) is 4.79 Å². The standard InChI is InChI=1S/C11H11ClO4/c1-5-4-6(13)9(14)8(12)7(5)11(2-3-11)10(15)16/h4,13-14H,2-3H2,1H3,(H,15,16). The van der Waals surface area contributed by atoms with Gasteiger partial charge in [0.05, 0.1) is 10.4 Å². The van der Waals surface area contributed by atoms with E-state index < -0.39 is 17.1 Å². The summed E-state index contributed by atoms with van der Waals surface area (Å²) in [6.07, 6.45) is 1.01. The van der Waals surface area contributed by atoms with Crippen molar-refractivity contribution in [1.82, 2.24) is 0 Å². The number of benzene rings is 1. The van der Waals surface area contributed by atoms with E-state index in [1.165, 1.54) is 6.07 Å². The molecule has 0 unspecified atom stereocenters. The van der Waals surface area contributed by atoms with Gasteiger partial charge in [-0.15, -0.1) is 0 Å². The molecule has 1 saturated carbocycles. The first-order valence-electron chi connectivity index (χ1n) is 4.85. The lowest BCUT2D eigenvalue weighted by Crippen LogP contribution is -2.21. The minimum absolute atomic E-state index is 0.0580. The number of hydrogen-bond donors (Lipinski definition) is 3. The molecule has 0 atom stereocenters. The Balaban J connectivity index is 2.67. The molecule has 0 saturated heterocycles. The predicted molar refractivity (Wildman–Crippen MR) is 58.1 cm³/mol. The Labute approximate surface area is 97.1 Å². The Bertz CT molecular complexity index is 477. The van der Waals surface area contributed by atoms with E-state index in [-0.39, 0.29) is 10.8 Å². The third-order valence-corrected chi connectivity index (χ3v) is 3.42. The van der Waals surface area contributed by atoms with Gasteiger partial charge in [-0.05, 0) is 37.0 Å². The largest absolute Gasteiger partial charge is 0.504 e. The van der Waals surface area contributed by atoms with Crippen molar-refractivity contribution in [2.75, 3.05) is 0 Å². The molecule has 4 nitrogen and oxygen atoms in total. The lowest BCUT2D eigenvalue weighted by molar-refractivity contribution is -0.140. The number of carbonyl (C=O) groups is 1. The first-order valence-corrected chi connectivity index (χ1v) is 5.23. The SMILES string of the molecule is Cc1cc(O)c(O)c(Cl)c1C1(C(=O)O)CC1. The van der Waals surface area contributed by atoms with Crippen molar-refractivity contribution in [3.63, 3.8) is 0 Å². The molecule has 16 heavy (non-hydrogen) atoms. The molecule has 2 rings (SSSR count). The second kappa shape index (κ2) is 3.28. The fraction of sp³-hybridized carbons (Fsp3) is 0.364. The van der Waals surface area contributed by atoms with E-state index in [0.717, 1.165) is 0 Å². The smallest absolute Gasteiger partial charge is 0.314 e. The number of halogens is 1. The molecular weight excluding hydrogens is 232 g/mol. The highest BCUT2D eigenvalue weighted by Gasteiger charge is 2.54. The van der Waals surface area contributed by atoms with E-state index in [1.54, 1.807) is 6.92 Å². The zero-order chi connectivity index (χ0) is 12.1. The van der Waals surface area contributed by atoms with Gasteiger partial charge >= 0.3 is 5.97 Å². The van der Waals surface area contributed by atoms with Gasteiger partial charge in [-0.1, -0.05) is 11.6 Å². The summed E-state index contributed by atoms with van der Waals surface area (Å²) < 4.78 is 0. The van der Waals surface area contributed by atoms with E-state index in [2.05, 4.69) is 0 Å². The molecule has 1 aliphatic carbocycles. The third-order valence-electron chi connectivity index (χ3n) is 3.06. The quantitative estimate of drug-likeness (QED) is 0.695. The fourth-order valence-corrected chi connectivity index (χ4v) is 2.46. The van der Waals surface area contributed by atoms with Crippen LogP contribution in [0.25, 0.3) is 0 Å². The molecule has 0 aromatic heterocycles. The van der Waals surface area contributed by atoms with Gasteiger partial charge in [-0.25, -0.2) is 0 Å². The Kier molecular flexibility index (Phi) is 2.27. The minimum Gasteiger partial charge on any atom is -0.504 e. The number of aryl methyl sites for hydroxylation is 1. The number of carboxylic acid groups (broad SMARTS) is 1. The lowest BCUT2D eigenvalue weighted by atomic mass is 9.91. The molecular formula is C11H11ClO4. The van der Waals surface area contributed by atoms with Gasteiger partial charge in [0.2, 0.25) is 0 Å². The summed E-state index contributed by atoms with van der Waals surface area (Å²) in [5.41, 5.74) is 0.0176. The molecule has 0 amide bonds. The van der Waals surface area contributed by atoms with Crippen LogP contribution in [0.2, 0.25) is 5.02 Å². The van der Waals surface area contributed by atoms with Crippen molar-refractivity contribution >= 4 is 17.6 Å². The molecule has 1 aliphatic rings. The van der Waals surface area contributed by atoms with Crippen LogP contribution in [0.15, 0.2) is 6.07 Å². The molecule has 0 spiro atoms. The number of rotatable bonds is 2. The molecule has 1 aromatic rings. The maximum atomic E-state index is 11.2. The summed E-state index contributed by atoms with van der Waals surface area (Å²) in [6, 6.07) is 1.33. The summed E-state index contributed by atoms with van der Waals surface area (Å²) in [5.74, 6) is -1.72. The second-order valence-corrected chi connectivity index (χ2v) is 4.52. The van der Waals surface area contributed by atoms with Crippen molar-refractivity contribution in [3.05, 3.63) is 22.2 Å². The normalized spacial score (nSPS) is 17.1. The second-order valence-electron chi connectivity index (χ2n) is 4.14. The number of aromatic hydroxyl groups is 2. The van der Waals surface area contributed by atoms with Crippen LogP contribution in [0.3, 0.4) is 0 Å². The van der Waals surface area contributed by atoms with Gasteiger partial charge in [-0.2, -0.15) is 0 Å². The molecule has 86 valence electrons. The third kappa shape index (κ3) is 1.33. The highest BCUT2D eigenvalue weighted by Crippen LogP contribution is 2.54. The average molecular weight is 243 g/mol. The van der Waals surface area contributed by atoms with Crippen LogP contribution in [0.4, 0.5) is 0 Å². The van der Waals surface area contributed by atoms with Crippen LogP contribution in [0.1, 0.15) is 24.0 Å². The summed E-state index contributed by atoms with van der Waals surface area (Å²) in [5, 5.41) is 28.0. The topological polar surface area (TPSA) is 77.8 Å². The number of carboxylic acids is 1. The zero-order valence-electron chi connectivity index (χ0n) is 8.62. The Morgan fingerprint density at radius 3 is 2.44 bits per heavy atom. The number of phenolic OH excluding ortho intramolecular Hbond substituents is 2. The Morgan fingerprint density at radius 1 is 1.44 bits per heavy atom. The number of hydrogen-bond acceptors (Lipinski definition) is 3. The van der Waals surface area contributed by atoms with Gasteiger partial charge < -0.3 is 15.3 Å². The monoisotopic (exact) mass is 242 g/mol. The number of phenols is 2. The molecule has 1 fully saturated rings. The van der Waals surface area contributed by atoms with Crippen molar-refractivity contribution in [2.45, 2.75) is 25.2 Å².